The van der Waals surface area contributed by atoms with Gasteiger partial charge in [-0.1, -0.05) is 23.7 Å². The summed E-state index contributed by atoms with van der Waals surface area (Å²) >= 11 is 6.29. The average molecular weight is 265 g/mol. The van der Waals surface area contributed by atoms with Crippen molar-refractivity contribution in [1.82, 2.24) is 0 Å². The lowest BCUT2D eigenvalue weighted by atomic mass is 10.0. The third-order valence-corrected chi connectivity index (χ3v) is 3.25. The van der Waals surface area contributed by atoms with E-state index in [0.717, 1.165) is 22.1 Å². The molecule has 0 spiro atoms. The molecule has 0 saturated carbocycles. The molecule has 0 aliphatic carbocycles. The highest BCUT2D eigenvalue weighted by Crippen LogP contribution is 2.30. The van der Waals surface area contributed by atoms with Crippen molar-refractivity contribution in [2.24, 2.45) is 0 Å². The summed E-state index contributed by atoms with van der Waals surface area (Å²) in [7, 11) is 2.98. The summed E-state index contributed by atoms with van der Waals surface area (Å²) in [5.41, 5.74) is 0.765. The first-order valence-electron chi connectivity index (χ1n) is 5.47. The maximum atomic E-state index is 11.3. The fourth-order valence-electron chi connectivity index (χ4n) is 1.81. The van der Waals surface area contributed by atoms with Crippen molar-refractivity contribution in [3.8, 4) is 5.75 Å². The Labute approximate surface area is 110 Å². The molecule has 0 aliphatic heterocycles. The zero-order valence-corrected chi connectivity index (χ0v) is 11.0. The van der Waals surface area contributed by atoms with Crippen molar-refractivity contribution in [2.45, 2.75) is 6.42 Å². The molecule has 2 aromatic rings. The van der Waals surface area contributed by atoms with E-state index in [9.17, 15) is 4.79 Å². The molecule has 0 unspecified atom stereocenters. The number of esters is 1. The van der Waals surface area contributed by atoms with Crippen LogP contribution in [0.3, 0.4) is 0 Å². The van der Waals surface area contributed by atoms with Crippen molar-refractivity contribution in [3.63, 3.8) is 0 Å². The van der Waals surface area contributed by atoms with Gasteiger partial charge in [-0.15, -0.1) is 0 Å². The molecular formula is C14H13ClO3. The molecule has 0 N–H and O–H groups in total. The molecule has 0 aromatic heterocycles. The van der Waals surface area contributed by atoms with Crippen LogP contribution in [0.1, 0.15) is 5.56 Å². The van der Waals surface area contributed by atoms with Gasteiger partial charge in [-0.05, 0) is 29.1 Å². The molecule has 94 valence electrons. The molecule has 0 amide bonds. The van der Waals surface area contributed by atoms with Crippen LogP contribution >= 0.6 is 11.6 Å². The van der Waals surface area contributed by atoms with Gasteiger partial charge in [0.1, 0.15) is 5.75 Å². The van der Waals surface area contributed by atoms with Gasteiger partial charge >= 0.3 is 5.97 Å². The number of hydrogen-bond acceptors (Lipinski definition) is 3. The summed E-state index contributed by atoms with van der Waals surface area (Å²) in [6, 6.07) is 9.39. The Bertz CT molecular complexity index is 593. The minimum Gasteiger partial charge on any atom is -0.497 e. The minimum absolute atomic E-state index is 0.178. The van der Waals surface area contributed by atoms with Crippen LogP contribution in [0.4, 0.5) is 0 Å². The Balaban J connectivity index is 2.47. The van der Waals surface area contributed by atoms with Crippen LogP contribution in [0.25, 0.3) is 10.8 Å². The first-order chi connectivity index (χ1) is 8.65. The highest BCUT2D eigenvalue weighted by molar-refractivity contribution is 6.36. The van der Waals surface area contributed by atoms with Gasteiger partial charge in [-0.3, -0.25) is 4.79 Å². The van der Waals surface area contributed by atoms with E-state index in [2.05, 4.69) is 4.74 Å². The first kappa shape index (κ1) is 12.7. The molecule has 0 atom stereocenters. The number of methoxy groups -OCH3 is 2. The number of fused-ring (bicyclic) bond motifs is 1. The molecule has 3 nitrogen and oxygen atoms in total. The predicted molar refractivity (Wildman–Crippen MR) is 71.2 cm³/mol. The third kappa shape index (κ3) is 2.41. The zero-order valence-electron chi connectivity index (χ0n) is 10.2. The molecule has 0 aliphatic rings. The monoisotopic (exact) mass is 264 g/mol. The van der Waals surface area contributed by atoms with Crippen LogP contribution in [0.15, 0.2) is 30.3 Å². The maximum Gasteiger partial charge on any atom is 0.310 e. The van der Waals surface area contributed by atoms with E-state index in [1.54, 1.807) is 7.11 Å². The molecular weight excluding hydrogens is 252 g/mol. The molecule has 0 heterocycles. The molecule has 2 rings (SSSR count). The Morgan fingerprint density at radius 2 is 2.00 bits per heavy atom. The Morgan fingerprint density at radius 1 is 1.22 bits per heavy atom. The number of hydrogen-bond donors (Lipinski definition) is 0. The fourth-order valence-corrected chi connectivity index (χ4v) is 2.11. The average Bonchev–Trinajstić information content (AvgIpc) is 2.41. The van der Waals surface area contributed by atoms with E-state index >= 15 is 0 Å². The third-order valence-electron chi connectivity index (χ3n) is 2.80. The van der Waals surface area contributed by atoms with Crippen LogP contribution in [0.5, 0.6) is 5.75 Å². The smallest absolute Gasteiger partial charge is 0.310 e. The molecule has 2 aromatic carbocycles. The van der Waals surface area contributed by atoms with Gasteiger partial charge in [-0.2, -0.15) is 0 Å². The second kappa shape index (κ2) is 5.27. The quantitative estimate of drug-likeness (QED) is 0.799. The van der Waals surface area contributed by atoms with Crippen molar-refractivity contribution in [3.05, 3.63) is 40.9 Å². The summed E-state index contributed by atoms with van der Waals surface area (Å²) in [5.74, 6) is 0.476. The van der Waals surface area contributed by atoms with Crippen LogP contribution in [0, 0.1) is 0 Å². The van der Waals surface area contributed by atoms with Crippen LogP contribution in [-0.2, 0) is 16.0 Å². The van der Waals surface area contributed by atoms with Crippen LogP contribution in [-0.4, -0.2) is 20.2 Å². The standard InChI is InChI=1S/C14H13ClO3/c1-17-11-5-6-12-9(7-11)3-4-10(14(12)15)8-13(16)18-2/h3-7H,8H2,1-2H3. The summed E-state index contributed by atoms with van der Waals surface area (Å²) in [4.78, 5) is 11.3. The van der Waals surface area contributed by atoms with Gasteiger partial charge in [0.15, 0.2) is 0 Å². The van der Waals surface area contributed by atoms with Gasteiger partial charge < -0.3 is 9.47 Å². The van der Waals surface area contributed by atoms with E-state index in [1.807, 2.05) is 30.3 Å². The second-order valence-electron chi connectivity index (χ2n) is 3.88. The highest BCUT2D eigenvalue weighted by Gasteiger charge is 2.10. The lowest BCUT2D eigenvalue weighted by molar-refractivity contribution is -0.139. The largest absolute Gasteiger partial charge is 0.497 e. The van der Waals surface area contributed by atoms with E-state index < -0.39 is 0 Å². The summed E-state index contributed by atoms with van der Waals surface area (Å²) in [6.07, 6.45) is 0.178. The van der Waals surface area contributed by atoms with Gasteiger partial charge in [-0.25, -0.2) is 0 Å². The molecule has 0 bridgehead atoms. The molecule has 0 fully saturated rings. The van der Waals surface area contributed by atoms with Crippen LogP contribution in [0.2, 0.25) is 5.02 Å². The Kier molecular flexibility index (Phi) is 3.72. The molecule has 18 heavy (non-hydrogen) atoms. The SMILES string of the molecule is COC(=O)Cc1ccc2cc(OC)ccc2c1Cl. The van der Waals surface area contributed by atoms with Crippen molar-refractivity contribution in [2.75, 3.05) is 14.2 Å². The normalized spacial score (nSPS) is 10.4. The van der Waals surface area contributed by atoms with Gasteiger partial charge in [0.2, 0.25) is 0 Å². The van der Waals surface area contributed by atoms with E-state index in [0.29, 0.717) is 5.02 Å². The van der Waals surface area contributed by atoms with Gasteiger partial charge in [0.25, 0.3) is 0 Å². The van der Waals surface area contributed by atoms with Crippen molar-refractivity contribution < 1.29 is 14.3 Å². The van der Waals surface area contributed by atoms with E-state index in [1.165, 1.54) is 7.11 Å². The van der Waals surface area contributed by atoms with E-state index in [-0.39, 0.29) is 12.4 Å². The minimum atomic E-state index is -0.301. The lowest BCUT2D eigenvalue weighted by Crippen LogP contribution is -2.04. The molecule has 4 heteroatoms. The first-order valence-corrected chi connectivity index (χ1v) is 5.85. The number of carbonyl (C=O) groups is 1. The fraction of sp³-hybridized carbons (Fsp3) is 0.214. The number of rotatable bonds is 3. The lowest BCUT2D eigenvalue weighted by Gasteiger charge is -2.08. The topological polar surface area (TPSA) is 35.5 Å². The predicted octanol–water partition coefficient (Wildman–Crippen LogP) is 3.22. The van der Waals surface area contributed by atoms with Crippen molar-refractivity contribution >= 4 is 28.3 Å². The maximum absolute atomic E-state index is 11.3. The number of ether oxygens (including phenoxy) is 2. The Morgan fingerprint density at radius 3 is 2.67 bits per heavy atom. The number of benzene rings is 2. The Hall–Kier alpha value is -1.74. The molecule has 0 radical (unpaired) electrons. The van der Waals surface area contributed by atoms with E-state index in [4.69, 9.17) is 16.3 Å². The number of carbonyl (C=O) groups excluding carboxylic acids is 1. The summed E-state index contributed by atoms with van der Waals surface area (Å²) in [5, 5.41) is 2.47. The summed E-state index contributed by atoms with van der Waals surface area (Å²) in [6.45, 7) is 0. The van der Waals surface area contributed by atoms with Gasteiger partial charge in [0.05, 0.1) is 25.7 Å². The van der Waals surface area contributed by atoms with Gasteiger partial charge in [0, 0.05) is 5.39 Å². The molecule has 0 saturated heterocycles. The number of halogens is 1. The van der Waals surface area contributed by atoms with Crippen molar-refractivity contribution in [1.29, 1.82) is 0 Å². The highest BCUT2D eigenvalue weighted by atomic mass is 35.5. The second-order valence-corrected chi connectivity index (χ2v) is 4.26. The van der Waals surface area contributed by atoms with Crippen LogP contribution < -0.4 is 4.74 Å². The summed E-state index contributed by atoms with van der Waals surface area (Å²) < 4.78 is 9.80. The zero-order chi connectivity index (χ0) is 13.1.